The van der Waals surface area contributed by atoms with Crippen molar-refractivity contribution in [2.75, 3.05) is 18.8 Å². The fourth-order valence-electron chi connectivity index (χ4n) is 2.35. The van der Waals surface area contributed by atoms with Crippen LogP contribution in [0.3, 0.4) is 0 Å². The van der Waals surface area contributed by atoms with Crippen molar-refractivity contribution in [2.45, 2.75) is 43.4 Å². The van der Waals surface area contributed by atoms with Crippen molar-refractivity contribution in [3.63, 3.8) is 0 Å². The lowest BCUT2D eigenvalue weighted by molar-refractivity contribution is -0.134. The molecule has 4 heteroatoms. The van der Waals surface area contributed by atoms with Gasteiger partial charge in [0.05, 0.1) is 6.04 Å². The zero-order valence-corrected chi connectivity index (χ0v) is 9.97. The maximum Gasteiger partial charge on any atom is 0.239 e. The number of thioether (sulfide) groups is 1. The minimum Gasteiger partial charge on any atom is -0.340 e. The van der Waals surface area contributed by atoms with E-state index in [0.29, 0.717) is 5.25 Å². The van der Waals surface area contributed by atoms with Gasteiger partial charge in [-0.3, -0.25) is 4.79 Å². The number of carbonyl (C=O) groups is 1. The third-order valence-corrected chi connectivity index (χ3v) is 4.65. The van der Waals surface area contributed by atoms with Crippen molar-refractivity contribution in [1.29, 1.82) is 0 Å². The Labute approximate surface area is 95.8 Å². The second-order valence-electron chi connectivity index (χ2n) is 4.52. The predicted octanol–water partition coefficient (Wildman–Crippen LogP) is 1.22. The molecule has 0 bridgehead atoms. The number of piperidine rings is 1. The van der Waals surface area contributed by atoms with Gasteiger partial charge in [0.15, 0.2) is 0 Å². The summed E-state index contributed by atoms with van der Waals surface area (Å²) in [6, 6.07) is -0.229. The maximum atomic E-state index is 11.8. The summed E-state index contributed by atoms with van der Waals surface area (Å²) in [4.78, 5) is 13.8. The normalized spacial score (nSPS) is 33.1. The van der Waals surface area contributed by atoms with E-state index in [1.807, 2.05) is 16.7 Å². The van der Waals surface area contributed by atoms with E-state index in [-0.39, 0.29) is 11.9 Å². The highest BCUT2D eigenvalue weighted by molar-refractivity contribution is 7.99. The van der Waals surface area contributed by atoms with Crippen molar-refractivity contribution >= 4 is 17.7 Å². The minimum atomic E-state index is -0.229. The summed E-state index contributed by atoms with van der Waals surface area (Å²) in [5.74, 6) is 1.44. The Morgan fingerprint density at radius 3 is 2.93 bits per heavy atom. The van der Waals surface area contributed by atoms with Gasteiger partial charge in [-0.05, 0) is 31.4 Å². The fourth-order valence-corrected chi connectivity index (χ4v) is 3.67. The van der Waals surface area contributed by atoms with Crippen LogP contribution in [0.5, 0.6) is 0 Å². The molecule has 2 rings (SSSR count). The molecular formula is C11H20N2OS. The molecule has 3 nitrogen and oxygen atoms in total. The van der Waals surface area contributed by atoms with E-state index in [1.165, 1.54) is 25.0 Å². The average molecular weight is 228 g/mol. The molecule has 2 atom stereocenters. The molecule has 15 heavy (non-hydrogen) atoms. The molecule has 2 aliphatic heterocycles. The first kappa shape index (κ1) is 11.3. The van der Waals surface area contributed by atoms with E-state index in [0.717, 1.165) is 25.9 Å². The van der Waals surface area contributed by atoms with Gasteiger partial charge in [0.25, 0.3) is 0 Å². The van der Waals surface area contributed by atoms with Crippen LogP contribution in [0.15, 0.2) is 0 Å². The molecule has 0 aromatic carbocycles. The van der Waals surface area contributed by atoms with Crippen LogP contribution >= 0.6 is 11.8 Å². The van der Waals surface area contributed by atoms with Gasteiger partial charge in [-0.2, -0.15) is 11.8 Å². The molecule has 0 saturated carbocycles. The second kappa shape index (κ2) is 5.21. The maximum absolute atomic E-state index is 11.8. The van der Waals surface area contributed by atoms with Crippen molar-refractivity contribution in [1.82, 2.24) is 4.90 Å². The Bertz CT molecular complexity index is 229. The van der Waals surface area contributed by atoms with Gasteiger partial charge < -0.3 is 10.6 Å². The largest absolute Gasteiger partial charge is 0.340 e. The lowest BCUT2D eigenvalue weighted by Crippen LogP contribution is -2.50. The fraction of sp³-hybridized carbons (Fsp3) is 0.909. The van der Waals surface area contributed by atoms with Gasteiger partial charge in [-0.25, -0.2) is 0 Å². The summed E-state index contributed by atoms with van der Waals surface area (Å²) in [7, 11) is 0. The summed E-state index contributed by atoms with van der Waals surface area (Å²) in [6.07, 6.45) is 5.88. The van der Waals surface area contributed by atoms with Gasteiger partial charge in [0.2, 0.25) is 5.91 Å². The highest BCUT2D eigenvalue weighted by atomic mass is 32.2. The van der Waals surface area contributed by atoms with Gasteiger partial charge in [0.1, 0.15) is 0 Å². The van der Waals surface area contributed by atoms with Crippen LogP contribution in [0.4, 0.5) is 0 Å². The molecule has 2 unspecified atom stereocenters. The number of carbonyl (C=O) groups excluding carboxylic acids is 1. The summed E-state index contributed by atoms with van der Waals surface area (Å²) in [6.45, 7) is 1.85. The molecule has 0 aromatic heterocycles. The molecule has 2 N–H and O–H groups in total. The Kier molecular flexibility index (Phi) is 3.92. The monoisotopic (exact) mass is 228 g/mol. The molecule has 1 amide bonds. The Morgan fingerprint density at radius 2 is 2.20 bits per heavy atom. The molecule has 0 aromatic rings. The number of hydrogen-bond donors (Lipinski definition) is 1. The number of rotatable bonds is 2. The first-order valence-electron chi connectivity index (χ1n) is 5.93. The van der Waals surface area contributed by atoms with E-state index in [1.54, 1.807) is 0 Å². The lowest BCUT2D eigenvalue weighted by Gasteiger charge is -2.34. The Hall–Kier alpha value is -0.220. The van der Waals surface area contributed by atoms with E-state index in [4.69, 9.17) is 5.73 Å². The summed E-state index contributed by atoms with van der Waals surface area (Å²) in [5, 5.41) is 0.660. The van der Waals surface area contributed by atoms with Crippen molar-refractivity contribution < 1.29 is 4.79 Å². The molecule has 2 fully saturated rings. The van der Waals surface area contributed by atoms with Gasteiger partial charge in [-0.1, -0.05) is 6.42 Å². The molecule has 0 aliphatic carbocycles. The number of likely N-dealkylation sites (tertiary alicyclic amines) is 1. The van der Waals surface area contributed by atoms with E-state index < -0.39 is 0 Å². The number of amides is 1. The van der Waals surface area contributed by atoms with E-state index >= 15 is 0 Å². The van der Waals surface area contributed by atoms with Crippen molar-refractivity contribution in [3.05, 3.63) is 0 Å². The first-order chi connectivity index (χ1) is 7.27. The van der Waals surface area contributed by atoms with E-state index in [9.17, 15) is 4.79 Å². The second-order valence-corrected chi connectivity index (χ2v) is 5.93. The van der Waals surface area contributed by atoms with Gasteiger partial charge in [0, 0.05) is 18.3 Å². The molecule has 86 valence electrons. The average Bonchev–Trinajstić information content (AvgIpc) is 2.26. The van der Waals surface area contributed by atoms with Crippen molar-refractivity contribution in [2.24, 2.45) is 5.73 Å². The molecular weight excluding hydrogens is 208 g/mol. The Morgan fingerprint density at radius 1 is 1.33 bits per heavy atom. The van der Waals surface area contributed by atoms with Crippen LogP contribution in [-0.2, 0) is 4.79 Å². The first-order valence-corrected chi connectivity index (χ1v) is 6.98. The highest BCUT2D eigenvalue weighted by Gasteiger charge is 2.28. The number of hydrogen-bond acceptors (Lipinski definition) is 3. The van der Waals surface area contributed by atoms with Crippen LogP contribution in [0.25, 0.3) is 0 Å². The van der Waals surface area contributed by atoms with Crippen LogP contribution in [-0.4, -0.2) is 40.9 Å². The summed E-state index contributed by atoms with van der Waals surface area (Å²) < 4.78 is 0. The predicted molar refractivity (Wildman–Crippen MR) is 63.9 cm³/mol. The van der Waals surface area contributed by atoms with Gasteiger partial charge in [-0.15, -0.1) is 0 Å². The number of nitrogens with zero attached hydrogens (tertiary/aromatic N) is 1. The minimum absolute atomic E-state index is 0.174. The van der Waals surface area contributed by atoms with Crippen LogP contribution in [0.1, 0.15) is 32.1 Å². The smallest absolute Gasteiger partial charge is 0.239 e. The lowest BCUT2D eigenvalue weighted by atomic mass is 10.0. The molecule has 2 saturated heterocycles. The standard InChI is InChI=1S/C11H20N2OS/c12-10-5-3-6-13(11(10)14)8-9-4-1-2-7-15-9/h9-10H,1-8,12H2. The Balaban J connectivity index is 1.84. The van der Waals surface area contributed by atoms with Gasteiger partial charge >= 0.3 is 0 Å². The quantitative estimate of drug-likeness (QED) is 0.773. The SMILES string of the molecule is NC1CCCN(CC2CCCCS2)C1=O. The third-order valence-electron chi connectivity index (χ3n) is 3.27. The van der Waals surface area contributed by atoms with Crippen LogP contribution < -0.4 is 5.73 Å². The molecule has 0 spiro atoms. The molecule has 2 heterocycles. The highest BCUT2D eigenvalue weighted by Crippen LogP contribution is 2.26. The van der Waals surface area contributed by atoms with Crippen molar-refractivity contribution in [3.8, 4) is 0 Å². The van der Waals surface area contributed by atoms with E-state index in [2.05, 4.69) is 0 Å². The molecule has 0 radical (unpaired) electrons. The summed E-state index contributed by atoms with van der Waals surface area (Å²) >= 11 is 2.03. The topological polar surface area (TPSA) is 46.3 Å². The van der Waals surface area contributed by atoms with Crippen LogP contribution in [0, 0.1) is 0 Å². The summed E-state index contributed by atoms with van der Waals surface area (Å²) in [5.41, 5.74) is 5.78. The number of nitrogens with two attached hydrogens (primary N) is 1. The molecule has 2 aliphatic rings. The van der Waals surface area contributed by atoms with Crippen LogP contribution in [0.2, 0.25) is 0 Å². The zero-order chi connectivity index (χ0) is 10.7. The third kappa shape index (κ3) is 2.88. The zero-order valence-electron chi connectivity index (χ0n) is 9.15.